The van der Waals surface area contributed by atoms with E-state index in [0.29, 0.717) is 29.9 Å². The highest BCUT2D eigenvalue weighted by atomic mass is 19.3. The van der Waals surface area contributed by atoms with Crippen LogP contribution in [0.5, 0.6) is 0 Å². The number of nitrogens with zero attached hydrogens (tertiary/aromatic N) is 4. The minimum Gasteiger partial charge on any atom is -0.393 e. The zero-order valence-corrected chi connectivity index (χ0v) is 19.3. The Morgan fingerprint density at radius 2 is 1.91 bits per heavy atom. The third-order valence-corrected chi connectivity index (χ3v) is 6.52. The Morgan fingerprint density at radius 3 is 2.65 bits per heavy atom. The van der Waals surface area contributed by atoms with Gasteiger partial charge in [-0.25, -0.2) is 0 Å². The summed E-state index contributed by atoms with van der Waals surface area (Å²) in [6, 6.07) is 8.03. The van der Waals surface area contributed by atoms with Gasteiger partial charge in [0.25, 0.3) is 0 Å². The van der Waals surface area contributed by atoms with Crippen molar-refractivity contribution < 1.29 is 18.6 Å². The Labute approximate surface area is 197 Å². The lowest BCUT2D eigenvalue weighted by Gasteiger charge is -2.31. The van der Waals surface area contributed by atoms with Crippen molar-refractivity contribution >= 4 is 22.4 Å². The van der Waals surface area contributed by atoms with E-state index < -0.39 is 6.11 Å². The number of rotatable bonds is 7. The Bertz CT molecular complexity index is 1180. The molecule has 2 aliphatic rings. The van der Waals surface area contributed by atoms with Crippen LogP contribution < -0.4 is 10.2 Å². The van der Waals surface area contributed by atoms with Gasteiger partial charge in [0.15, 0.2) is 5.82 Å². The van der Waals surface area contributed by atoms with Crippen molar-refractivity contribution in [2.75, 3.05) is 23.3 Å². The number of aryl methyl sites for hydroxylation is 1. The molecule has 5 rings (SSSR count). The normalized spacial score (nSPS) is 18.3. The van der Waals surface area contributed by atoms with Crippen LogP contribution in [0.4, 0.5) is 20.3 Å². The van der Waals surface area contributed by atoms with Crippen molar-refractivity contribution in [1.29, 1.82) is 0 Å². The van der Waals surface area contributed by atoms with E-state index in [1.807, 2.05) is 26.1 Å². The minimum atomic E-state index is -3.31. The molecule has 1 atom stereocenters. The van der Waals surface area contributed by atoms with Gasteiger partial charge in [-0.2, -0.15) is 13.9 Å². The van der Waals surface area contributed by atoms with E-state index in [1.165, 1.54) is 12.1 Å². The fraction of sp³-hybridized carbons (Fsp3) is 0.480. The van der Waals surface area contributed by atoms with E-state index >= 15 is 0 Å². The molecule has 3 heterocycles. The van der Waals surface area contributed by atoms with Gasteiger partial charge in [-0.05, 0) is 57.2 Å². The number of hydrogen-bond donors (Lipinski definition) is 2. The molecule has 34 heavy (non-hydrogen) atoms. The SMILES string of the molecule is Cc1nnc(N[C@H](C)c2cccc(C(F)(F)OC3CC3)c2)c2cc(N3CCC(O)CC3)cnc12. The average molecular weight is 470 g/mol. The van der Waals surface area contributed by atoms with Crippen LogP contribution in [0.3, 0.4) is 0 Å². The number of pyridine rings is 1. The van der Waals surface area contributed by atoms with E-state index in [1.54, 1.807) is 12.1 Å². The number of halogens is 2. The monoisotopic (exact) mass is 469 g/mol. The molecule has 2 aromatic heterocycles. The van der Waals surface area contributed by atoms with Crippen molar-refractivity contribution in [3.05, 3.63) is 53.3 Å². The summed E-state index contributed by atoms with van der Waals surface area (Å²) in [7, 11) is 0. The second-order valence-corrected chi connectivity index (χ2v) is 9.27. The van der Waals surface area contributed by atoms with Gasteiger partial charge in [0.2, 0.25) is 0 Å². The summed E-state index contributed by atoms with van der Waals surface area (Å²) in [5.41, 5.74) is 2.96. The first kappa shape index (κ1) is 22.9. The number of hydrogen-bond acceptors (Lipinski definition) is 7. The summed E-state index contributed by atoms with van der Waals surface area (Å²) in [6.07, 6.45) is 0.711. The van der Waals surface area contributed by atoms with Gasteiger partial charge in [-0.3, -0.25) is 4.98 Å². The molecule has 2 N–H and O–H groups in total. The maximum Gasteiger partial charge on any atom is 0.383 e. The molecule has 1 saturated heterocycles. The third-order valence-electron chi connectivity index (χ3n) is 6.52. The lowest BCUT2D eigenvalue weighted by Crippen LogP contribution is -2.35. The van der Waals surface area contributed by atoms with Crippen LogP contribution in [0, 0.1) is 6.92 Å². The van der Waals surface area contributed by atoms with Crippen LogP contribution in [0.2, 0.25) is 0 Å². The zero-order chi connectivity index (χ0) is 23.9. The van der Waals surface area contributed by atoms with Crippen LogP contribution >= 0.6 is 0 Å². The molecule has 0 bridgehead atoms. The molecule has 1 aliphatic heterocycles. The molecule has 2 fully saturated rings. The number of aliphatic hydroxyl groups is 1. The fourth-order valence-corrected chi connectivity index (χ4v) is 4.29. The number of aromatic nitrogens is 3. The predicted molar refractivity (Wildman–Crippen MR) is 126 cm³/mol. The third kappa shape index (κ3) is 4.81. The number of ether oxygens (including phenoxy) is 1. The highest BCUT2D eigenvalue weighted by Crippen LogP contribution is 2.38. The summed E-state index contributed by atoms with van der Waals surface area (Å²) in [6.45, 7) is 5.28. The largest absolute Gasteiger partial charge is 0.393 e. The number of anilines is 2. The lowest BCUT2D eigenvalue weighted by molar-refractivity contribution is -0.255. The van der Waals surface area contributed by atoms with Crippen LogP contribution in [-0.2, 0) is 10.8 Å². The Kier molecular flexibility index (Phi) is 6.07. The van der Waals surface area contributed by atoms with Crippen molar-refractivity contribution in [1.82, 2.24) is 15.2 Å². The molecular weight excluding hydrogens is 440 g/mol. The summed E-state index contributed by atoms with van der Waals surface area (Å²) in [4.78, 5) is 6.84. The number of fused-ring (bicyclic) bond motifs is 1. The molecule has 7 nitrogen and oxygen atoms in total. The molecule has 1 aromatic carbocycles. The maximum atomic E-state index is 14.5. The Morgan fingerprint density at radius 1 is 1.15 bits per heavy atom. The van der Waals surface area contributed by atoms with Gasteiger partial charge in [-0.1, -0.05) is 18.2 Å². The quantitative estimate of drug-likeness (QED) is 0.519. The minimum absolute atomic E-state index is 0.151. The first-order chi connectivity index (χ1) is 16.3. The van der Waals surface area contributed by atoms with E-state index in [4.69, 9.17) is 4.74 Å². The molecule has 9 heteroatoms. The van der Waals surface area contributed by atoms with Crippen molar-refractivity contribution in [3.8, 4) is 0 Å². The zero-order valence-electron chi connectivity index (χ0n) is 19.3. The van der Waals surface area contributed by atoms with Gasteiger partial charge in [0, 0.05) is 18.5 Å². The summed E-state index contributed by atoms with van der Waals surface area (Å²) in [5.74, 6) is 0.547. The number of aliphatic hydroxyl groups excluding tert-OH is 1. The second-order valence-electron chi connectivity index (χ2n) is 9.27. The summed E-state index contributed by atoms with van der Waals surface area (Å²) >= 11 is 0. The maximum absolute atomic E-state index is 14.5. The van der Waals surface area contributed by atoms with Crippen LogP contribution in [0.15, 0.2) is 36.5 Å². The van der Waals surface area contributed by atoms with Gasteiger partial charge in [0.05, 0.1) is 46.9 Å². The molecule has 0 spiro atoms. The summed E-state index contributed by atoms with van der Waals surface area (Å²) in [5, 5.41) is 22.6. The molecule has 0 unspecified atom stereocenters. The van der Waals surface area contributed by atoms with Crippen molar-refractivity contribution in [3.63, 3.8) is 0 Å². The lowest BCUT2D eigenvalue weighted by atomic mass is 10.0. The molecule has 1 aliphatic carbocycles. The van der Waals surface area contributed by atoms with E-state index in [9.17, 15) is 13.9 Å². The summed E-state index contributed by atoms with van der Waals surface area (Å²) < 4.78 is 34.0. The van der Waals surface area contributed by atoms with Crippen molar-refractivity contribution in [2.24, 2.45) is 0 Å². The van der Waals surface area contributed by atoms with E-state index in [0.717, 1.165) is 42.5 Å². The molecule has 0 amide bonds. The topological polar surface area (TPSA) is 83.4 Å². The highest BCUT2D eigenvalue weighted by Gasteiger charge is 2.40. The van der Waals surface area contributed by atoms with Gasteiger partial charge >= 0.3 is 6.11 Å². The van der Waals surface area contributed by atoms with Gasteiger partial charge < -0.3 is 20.1 Å². The Hall–Kier alpha value is -2.91. The highest BCUT2D eigenvalue weighted by molar-refractivity contribution is 5.92. The molecule has 1 saturated carbocycles. The van der Waals surface area contributed by atoms with Crippen LogP contribution in [-0.4, -0.2) is 45.6 Å². The number of alkyl halides is 2. The first-order valence-electron chi connectivity index (χ1n) is 11.8. The molecule has 3 aromatic rings. The number of benzene rings is 1. The number of nitrogens with one attached hydrogen (secondary N) is 1. The van der Waals surface area contributed by atoms with E-state index in [2.05, 4.69) is 25.4 Å². The fourth-order valence-electron chi connectivity index (χ4n) is 4.29. The average Bonchev–Trinajstić information content (AvgIpc) is 3.64. The van der Waals surface area contributed by atoms with Crippen molar-refractivity contribution in [2.45, 2.75) is 63.9 Å². The molecule has 0 radical (unpaired) electrons. The van der Waals surface area contributed by atoms with Crippen LogP contribution in [0.1, 0.15) is 55.5 Å². The smallest absolute Gasteiger partial charge is 0.383 e. The van der Waals surface area contributed by atoms with Crippen LogP contribution in [0.25, 0.3) is 10.9 Å². The molecule has 180 valence electrons. The predicted octanol–water partition coefficient (Wildman–Crippen LogP) is 4.70. The number of piperidine rings is 1. The van der Waals surface area contributed by atoms with Gasteiger partial charge in [-0.15, -0.1) is 5.10 Å². The molecular formula is C25H29F2N5O2. The standard InChI is InChI=1S/C25H29F2N5O2/c1-15(17-4-3-5-18(12-17)25(26,27)34-21-6-7-21)29-24-22-13-19(32-10-8-20(33)9-11-32)14-28-23(22)16(2)30-31-24/h3-5,12-15,20-21,33H,6-11H2,1-2H3,(H,29,31)/t15-/m1/s1. The van der Waals surface area contributed by atoms with Gasteiger partial charge in [0.1, 0.15) is 0 Å². The first-order valence-corrected chi connectivity index (χ1v) is 11.8. The van der Waals surface area contributed by atoms with E-state index in [-0.39, 0.29) is 23.8 Å². The Balaban J connectivity index is 1.41. The second kappa shape index (κ2) is 9.03.